The number of fused-ring (bicyclic) bond motifs is 1. The van der Waals surface area contributed by atoms with Gasteiger partial charge in [0, 0.05) is 23.0 Å². The SMILES string of the molecule is O=C(Cc1cccs1)NC1C(=O)N2C(C(=O)O)=C(/C=C/c3cnccn3)CSC12. The van der Waals surface area contributed by atoms with Crippen molar-refractivity contribution in [2.45, 2.75) is 17.8 Å². The molecule has 29 heavy (non-hydrogen) atoms. The number of rotatable bonds is 6. The van der Waals surface area contributed by atoms with Crippen LogP contribution < -0.4 is 5.32 Å². The van der Waals surface area contributed by atoms with E-state index in [4.69, 9.17) is 0 Å². The number of carboxylic acids is 1. The summed E-state index contributed by atoms with van der Waals surface area (Å²) in [6, 6.07) is 3.00. The molecule has 2 aliphatic rings. The van der Waals surface area contributed by atoms with Crippen molar-refractivity contribution in [1.82, 2.24) is 20.2 Å². The van der Waals surface area contributed by atoms with Crippen molar-refractivity contribution in [1.29, 1.82) is 0 Å². The van der Waals surface area contributed by atoms with Crippen LogP contribution in [-0.4, -0.2) is 54.9 Å². The number of nitrogens with one attached hydrogen (secondary N) is 1. The zero-order chi connectivity index (χ0) is 20.4. The predicted molar refractivity (Wildman–Crippen MR) is 109 cm³/mol. The van der Waals surface area contributed by atoms with Crippen molar-refractivity contribution < 1.29 is 19.5 Å². The number of allylic oxidation sites excluding steroid dienone is 1. The van der Waals surface area contributed by atoms with Gasteiger partial charge in [0.05, 0.1) is 18.3 Å². The Morgan fingerprint density at radius 1 is 1.34 bits per heavy atom. The maximum Gasteiger partial charge on any atom is 0.352 e. The Hall–Kier alpha value is -2.98. The summed E-state index contributed by atoms with van der Waals surface area (Å²) in [6.07, 6.45) is 8.16. The fourth-order valence-electron chi connectivity index (χ4n) is 3.15. The van der Waals surface area contributed by atoms with E-state index in [1.165, 1.54) is 28.0 Å². The van der Waals surface area contributed by atoms with Crippen LogP contribution in [0.1, 0.15) is 10.6 Å². The number of carboxylic acid groups (broad SMARTS) is 1. The molecule has 2 aromatic rings. The van der Waals surface area contributed by atoms with Gasteiger partial charge < -0.3 is 10.4 Å². The first-order valence-corrected chi connectivity index (χ1v) is 10.6. The van der Waals surface area contributed by atoms with E-state index in [-0.39, 0.29) is 18.0 Å². The first-order valence-electron chi connectivity index (χ1n) is 8.71. The van der Waals surface area contributed by atoms with Crippen LogP contribution in [0.3, 0.4) is 0 Å². The van der Waals surface area contributed by atoms with Gasteiger partial charge in [0.2, 0.25) is 5.91 Å². The quantitative estimate of drug-likeness (QED) is 0.671. The number of hydrogen-bond donors (Lipinski definition) is 2. The van der Waals surface area contributed by atoms with Crippen LogP contribution in [0.4, 0.5) is 0 Å². The Labute approximate surface area is 174 Å². The van der Waals surface area contributed by atoms with E-state index in [0.29, 0.717) is 17.0 Å². The van der Waals surface area contributed by atoms with Gasteiger partial charge >= 0.3 is 5.97 Å². The molecule has 4 heterocycles. The minimum absolute atomic E-state index is 0.0531. The topological polar surface area (TPSA) is 112 Å². The third kappa shape index (κ3) is 3.94. The third-order valence-corrected chi connectivity index (χ3v) is 6.65. The smallest absolute Gasteiger partial charge is 0.352 e. The lowest BCUT2D eigenvalue weighted by molar-refractivity contribution is -0.150. The van der Waals surface area contributed by atoms with Gasteiger partial charge in [0.15, 0.2) is 0 Å². The number of carbonyl (C=O) groups is 3. The molecule has 0 bridgehead atoms. The highest BCUT2D eigenvalue weighted by Crippen LogP contribution is 2.40. The van der Waals surface area contributed by atoms with E-state index in [9.17, 15) is 19.5 Å². The van der Waals surface area contributed by atoms with Crippen LogP contribution in [-0.2, 0) is 20.8 Å². The standard InChI is InChI=1S/C19H16N4O4S2/c24-14(8-13-2-1-7-28-13)22-15-17(25)23-16(19(26)27)11(10-29-18(15)23)3-4-12-9-20-5-6-21-12/h1-7,9,15,18H,8,10H2,(H,22,24)(H,26,27)/b4-3+. The molecular formula is C19H16N4O4S2. The lowest BCUT2D eigenvalue weighted by Gasteiger charge is -2.49. The molecule has 2 N–H and O–H groups in total. The molecular weight excluding hydrogens is 412 g/mol. The van der Waals surface area contributed by atoms with Crippen LogP contribution in [0.25, 0.3) is 6.08 Å². The van der Waals surface area contributed by atoms with Crippen molar-refractivity contribution >= 4 is 47.0 Å². The summed E-state index contributed by atoms with van der Waals surface area (Å²) in [6.45, 7) is 0. The monoisotopic (exact) mass is 428 g/mol. The molecule has 4 rings (SSSR count). The van der Waals surface area contributed by atoms with Gasteiger partial charge in [-0.25, -0.2) is 4.79 Å². The summed E-state index contributed by atoms with van der Waals surface area (Å²) < 4.78 is 0. The molecule has 0 saturated carbocycles. The van der Waals surface area contributed by atoms with Gasteiger partial charge in [-0.3, -0.25) is 24.5 Å². The van der Waals surface area contributed by atoms with Gasteiger partial charge in [-0.05, 0) is 23.1 Å². The molecule has 0 radical (unpaired) electrons. The minimum Gasteiger partial charge on any atom is -0.477 e. The van der Waals surface area contributed by atoms with Crippen molar-refractivity contribution in [2.75, 3.05) is 5.75 Å². The Balaban J connectivity index is 1.49. The molecule has 10 heteroatoms. The molecule has 0 aromatic carbocycles. The number of amides is 2. The molecule has 148 valence electrons. The lowest BCUT2D eigenvalue weighted by atomic mass is 10.0. The predicted octanol–water partition coefficient (Wildman–Crippen LogP) is 1.53. The first kappa shape index (κ1) is 19.3. The van der Waals surface area contributed by atoms with E-state index < -0.39 is 23.3 Å². The summed E-state index contributed by atoms with van der Waals surface area (Å²) in [5.74, 6) is -1.43. The molecule has 2 aromatic heterocycles. The second kappa shape index (κ2) is 8.18. The lowest BCUT2D eigenvalue weighted by Crippen LogP contribution is -2.70. The fraction of sp³-hybridized carbons (Fsp3) is 0.211. The number of nitrogens with zero attached hydrogens (tertiary/aromatic N) is 3. The average molecular weight is 428 g/mol. The molecule has 8 nitrogen and oxygen atoms in total. The summed E-state index contributed by atoms with van der Waals surface area (Å²) in [5, 5.41) is 13.9. The normalized spacial score (nSPS) is 21.1. The summed E-state index contributed by atoms with van der Waals surface area (Å²) in [4.78, 5) is 46.9. The van der Waals surface area contributed by atoms with Crippen LogP contribution in [0.2, 0.25) is 0 Å². The number of hydrogen-bond acceptors (Lipinski definition) is 7. The number of aromatic nitrogens is 2. The van der Waals surface area contributed by atoms with Crippen LogP contribution >= 0.6 is 23.1 Å². The number of carbonyl (C=O) groups excluding carboxylic acids is 2. The Morgan fingerprint density at radius 3 is 2.90 bits per heavy atom. The van der Waals surface area contributed by atoms with Crippen LogP contribution in [0.5, 0.6) is 0 Å². The van der Waals surface area contributed by atoms with Gasteiger partial charge in [0.25, 0.3) is 5.91 Å². The van der Waals surface area contributed by atoms with E-state index >= 15 is 0 Å². The molecule has 2 atom stereocenters. The van der Waals surface area contributed by atoms with Gasteiger partial charge in [0.1, 0.15) is 17.1 Å². The van der Waals surface area contributed by atoms with Crippen molar-refractivity contribution in [3.8, 4) is 0 Å². The number of thioether (sulfide) groups is 1. The maximum absolute atomic E-state index is 12.6. The first-order chi connectivity index (χ1) is 14.0. The summed E-state index contributed by atoms with van der Waals surface area (Å²) in [7, 11) is 0. The van der Waals surface area contributed by atoms with Crippen LogP contribution in [0.15, 0.2) is 53.4 Å². The Kier molecular flexibility index (Phi) is 5.45. The molecule has 1 fully saturated rings. The Morgan fingerprint density at radius 2 is 2.21 bits per heavy atom. The Bertz CT molecular complexity index is 1000. The zero-order valence-corrected chi connectivity index (χ0v) is 16.7. The second-order valence-electron chi connectivity index (χ2n) is 6.35. The van der Waals surface area contributed by atoms with E-state index in [1.54, 1.807) is 30.7 Å². The zero-order valence-electron chi connectivity index (χ0n) is 15.0. The van der Waals surface area contributed by atoms with Crippen molar-refractivity contribution in [2.24, 2.45) is 0 Å². The van der Waals surface area contributed by atoms with Gasteiger partial charge in [-0.15, -0.1) is 23.1 Å². The highest BCUT2D eigenvalue weighted by atomic mass is 32.2. The van der Waals surface area contributed by atoms with Gasteiger partial charge in [-0.1, -0.05) is 12.1 Å². The molecule has 2 aliphatic heterocycles. The summed E-state index contributed by atoms with van der Waals surface area (Å²) in [5.41, 5.74) is 1.05. The third-order valence-electron chi connectivity index (χ3n) is 4.47. The maximum atomic E-state index is 12.6. The number of aliphatic carboxylic acids is 1. The van der Waals surface area contributed by atoms with E-state index in [2.05, 4.69) is 15.3 Å². The highest BCUT2D eigenvalue weighted by Gasteiger charge is 2.53. The largest absolute Gasteiger partial charge is 0.477 e. The molecule has 1 saturated heterocycles. The second-order valence-corrected chi connectivity index (χ2v) is 8.49. The molecule has 0 spiro atoms. The molecule has 2 amide bonds. The van der Waals surface area contributed by atoms with Gasteiger partial charge in [-0.2, -0.15) is 0 Å². The molecule has 2 unspecified atom stereocenters. The van der Waals surface area contributed by atoms with Crippen molar-refractivity contribution in [3.05, 3.63) is 64.0 Å². The van der Waals surface area contributed by atoms with Crippen molar-refractivity contribution in [3.63, 3.8) is 0 Å². The fourth-order valence-corrected chi connectivity index (χ4v) is 5.17. The minimum atomic E-state index is -1.18. The number of thiophene rings is 1. The average Bonchev–Trinajstić information content (AvgIpc) is 3.23. The summed E-state index contributed by atoms with van der Waals surface area (Å²) >= 11 is 2.90. The van der Waals surface area contributed by atoms with Crippen LogP contribution in [0, 0.1) is 0 Å². The van der Waals surface area contributed by atoms with E-state index in [0.717, 1.165) is 4.88 Å². The highest BCUT2D eigenvalue weighted by molar-refractivity contribution is 8.00. The molecule has 0 aliphatic carbocycles. The number of β-lactam (4-membered cyclic amide) rings is 1. The van der Waals surface area contributed by atoms with E-state index in [1.807, 2.05) is 17.5 Å².